The summed E-state index contributed by atoms with van der Waals surface area (Å²) in [7, 11) is 0. The molecule has 4 heteroatoms. The number of nitrogens with zero attached hydrogens (tertiary/aromatic N) is 2. The lowest BCUT2D eigenvalue weighted by Gasteiger charge is -2.26. The van der Waals surface area contributed by atoms with E-state index in [0.29, 0.717) is 0 Å². The molecule has 2 N–H and O–H groups in total. The summed E-state index contributed by atoms with van der Waals surface area (Å²) < 4.78 is 0. The Morgan fingerprint density at radius 1 is 1.05 bits per heavy atom. The van der Waals surface area contributed by atoms with Gasteiger partial charge in [-0.3, -0.25) is 10.3 Å². The molecule has 4 nitrogen and oxygen atoms in total. The molecule has 1 fully saturated rings. The molecule has 112 valence electrons. The zero-order valence-corrected chi connectivity index (χ0v) is 12.6. The monoisotopic (exact) mass is 276 g/mol. The first-order chi connectivity index (χ1) is 9.88. The van der Waals surface area contributed by atoms with Gasteiger partial charge in [-0.15, -0.1) is 0 Å². The van der Waals surface area contributed by atoms with Crippen LogP contribution in [0.25, 0.3) is 0 Å². The number of rotatable bonds is 5. The Morgan fingerprint density at radius 3 is 2.65 bits per heavy atom. The zero-order valence-electron chi connectivity index (χ0n) is 12.6. The van der Waals surface area contributed by atoms with Crippen molar-refractivity contribution < 1.29 is 0 Å². The minimum absolute atomic E-state index is 1.05. The molecule has 0 radical (unpaired) electrons. The smallest absolute Gasteiger partial charge is 0.0259 e. The van der Waals surface area contributed by atoms with Crippen molar-refractivity contribution in [2.45, 2.75) is 19.9 Å². The second kappa shape index (κ2) is 9.08. The predicted molar refractivity (Wildman–Crippen MR) is 84.5 cm³/mol. The van der Waals surface area contributed by atoms with E-state index in [1.807, 2.05) is 0 Å². The van der Waals surface area contributed by atoms with Gasteiger partial charge in [0.25, 0.3) is 0 Å². The van der Waals surface area contributed by atoms with E-state index in [9.17, 15) is 0 Å². The molecule has 1 saturated heterocycles. The zero-order chi connectivity index (χ0) is 14.0. The van der Waals surface area contributed by atoms with Gasteiger partial charge in [0.05, 0.1) is 0 Å². The molecule has 1 aliphatic rings. The molecular formula is C16H28N4. The quantitative estimate of drug-likeness (QED) is 0.849. The van der Waals surface area contributed by atoms with Crippen molar-refractivity contribution in [3.8, 4) is 0 Å². The average molecular weight is 276 g/mol. The van der Waals surface area contributed by atoms with Crippen LogP contribution < -0.4 is 10.7 Å². The maximum atomic E-state index is 3.53. The highest BCUT2D eigenvalue weighted by Gasteiger charge is 2.11. The van der Waals surface area contributed by atoms with Gasteiger partial charge in [0.15, 0.2) is 0 Å². The van der Waals surface area contributed by atoms with Crippen molar-refractivity contribution in [1.82, 2.24) is 20.7 Å². The molecule has 1 aliphatic heterocycles. The Morgan fingerprint density at radius 2 is 1.85 bits per heavy atom. The largest absolute Gasteiger partial charge is 0.314 e. The molecule has 0 atom stereocenters. The highest BCUT2D eigenvalue weighted by atomic mass is 15.5. The fourth-order valence-corrected chi connectivity index (χ4v) is 2.49. The highest BCUT2D eigenvalue weighted by molar-refractivity contribution is 5.14. The molecule has 0 aliphatic carbocycles. The second-order valence-electron chi connectivity index (χ2n) is 5.41. The molecule has 0 saturated carbocycles. The van der Waals surface area contributed by atoms with Crippen molar-refractivity contribution in [2.24, 2.45) is 0 Å². The summed E-state index contributed by atoms with van der Waals surface area (Å²) in [6.45, 7) is 10.9. The Hall–Kier alpha value is -0.940. The maximum Gasteiger partial charge on any atom is 0.0259 e. The molecule has 1 aromatic carbocycles. The first kappa shape index (κ1) is 15.4. The molecule has 1 heterocycles. The number of nitrogens with one attached hydrogen (secondary N) is 2. The van der Waals surface area contributed by atoms with E-state index >= 15 is 0 Å². The first-order valence-electron chi connectivity index (χ1n) is 7.84. The Labute approximate surface area is 123 Å². The summed E-state index contributed by atoms with van der Waals surface area (Å²) in [5.74, 6) is 0. The third kappa shape index (κ3) is 5.59. The van der Waals surface area contributed by atoms with Gasteiger partial charge >= 0.3 is 0 Å². The van der Waals surface area contributed by atoms with E-state index in [0.717, 1.165) is 52.4 Å². The van der Waals surface area contributed by atoms with Crippen LogP contribution in [0.15, 0.2) is 30.3 Å². The van der Waals surface area contributed by atoms with Gasteiger partial charge in [0, 0.05) is 52.4 Å². The normalized spacial score (nSPS) is 19.2. The second-order valence-corrected chi connectivity index (χ2v) is 5.41. The van der Waals surface area contributed by atoms with E-state index in [1.165, 1.54) is 12.0 Å². The third-order valence-corrected chi connectivity index (χ3v) is 3.68. The summed E-state index contributed by atoms with van der Waals surface area (Å²) in [4.78, 5) is 2.54. The molecule has 0 bridgehead atoms. The Kier molecular flexibility index (Phi) is 7.01. The standard InChI is InChI=1S/C16H28N4/c1-2-8-18-20-12-10-17-9-11-19(13-14-20)15-16-6-4-3-5-7-16/h3-7,17-18H,2,8-15H2,1H3. The van der Waals surface area contributed by atoms with E-state index in [2.05, 4.69) is 57.9 Å². The first-order valence-corrected chi connectivity index (χ1v) is 7.84. The van der Waals surface area contributed by atoms with Gasteiger partial charge in [0.1, 0.15) is 0 Å². The summed E-state index contributed by atoms with van der Waals surface area (Å²) in [6, 6.07) is 10.8. The van der Waals surface area contributed by atoms with E-state index < -0.39 is 0 Å². The molecule has 20 heavy (non-hydrogen) atoms. The minimum Gasteiger partial charge on any atom is -0.314 e. The molecule has 0 unspecified atom stereocenters. The molecule has 0 spiro atoms. The van der Waals surface area contributed by atoms with Crippen LogP contribution in [-0.2, 0) is 6.54 Å². The van der Waals surface area contributed by atoms with Crippen molar-refractivity contribution in [3.05, 3.63) is 35.9 Å². The van der Waals surface area contributed by atoms with Gasteiger partial charge in [-0.05, 0) is 12.0 Å². The van der Waals surface area contributed by atoms with Crippen LogP contribution in [0.5, 0.6) is 0 Å². The fourth-order valence-electron chi connectivity index (χ4n) is 2.49. The van der Waals surface area contributed by atoms with E-state index in [4.69, 9.17) is 0 Å². The van der Waals surface area contributed by atoms with E-state index in [1.54, 1.807) is 0 Å². The van der Waals surface area contributed by atoms with Gasteiger partial charge in [-0.1, -0.05) is 37.3 Å². The number of hydrogen-bond acceptors (Lipinski definition) is 4. The van der Waals surface area contributed by atoms with Crippen molar-refractivity contribution >= 4 is 0 Å². The van der Waals surface area contributed by atoms with Crippen LogP contribution in [0.4, 0.5) is 0 Å². The van der Waals surface area contributed by atoms with Gasteiger partial charge in [-0.2, -0.15) is 0 Å². The third-order valence-electron chi connectivity index (χ3n) is 3.68. The molecule has 2 rings (SSSR count). The van der Waals surface area contributed by atoms with Crippen LogP contribution in [0, 0.1) is 0 Å². The summed E-state index contributed by atoms with van der Waals surface area (Å²) in [6.07, 6.45) is 1.18. The average Bonchev–Trinajstić information content (AvgIpc) is 2.59. The van der Waals surface area contributed by atoms with Crippen LogP contribution in [-0.4, -0.2) is 55.7 Å². The van der Waals surface area contributed by atoms with Crippen LogP contribution in [0.2, 0.25) is 0 Å². The summed E-state index contributed by atoms with van der Waals surface area (Å²) in [5.41, 5.74) is 4.92. The van der Waals surface area contributed by atoms with Crippen molar-refractivity contribution in [3.63, 3.8) is 0 Å². The lowest BCUT2D eigenvalue weighted by Crippen LogP contribution is -2.44. The number of hydrazine groups is 1. The maximum absolute atomic E-state index is 3.53. The summed E-state index contributed by atoms with van der Waals surface area (Å²) >= 11 is 0. The van der Waals surface area contributed by atoms with Gasteiger partial charge in [0.2, 0.25) is 0 Å². The van der Waals surface area contributed by atoms with E-state index in [-0.39, 0.29) is 0 Å². The van der Waals surface area contributed by atoms with Gasteiger partial charge < -0.3 is 5.32 Å². The molecule has 1 aromatic rings. The van der Waals surface area contributed by atoms with Crippen LogP contribution in [0.1, 0.15) is 18.9 Å². The SMILES string of the molecule is CCCNN1CCNCCN(Cc2ccccc2)CC1. The number of hydrogen-bond donors (Lipinski definition) is 2. The van der Waals surface area contributed by atoms with Gasteiger partial charge in [-0.25, -0.2) is 5.01 Å². The summed E-state index contributed by atoms with van der Waals surface area (Å²) in [5, 5.41) is 5.89. The minimum atomic E-state index is 1.05. The topological polar surface area (TPSA) is 30.5 Å². The Balaban J connectivity index is 1.85. The fraction of sp³-hybridized carbons (Fsp3) is 0.625. The highest BCUT2D eigenvalue weighted by Crippen LogP contribution is 2.04. The molecule has 0 aromatic heterocycles. The number of benzene rings is 1. The predicted octanol–water partition coefficient (Wildman–Crippen LogP) is 1.31. The lowest BCUT2D eigenvalue weighted by molar-refractivity contribution is 0.162. The Bertz CT molecular complexity index is 355. The molecular weight excluding hydrogens is 248 g/mol. The van der Waals surface area contributed by atoms with Crippen molar-refractivity contribution in [2.75, 3.05) is 45.8 Å². The lowest BCUT2D eigenvalue weighted by atomic mass is 10.2. The van der Waals surface area contributed by atoms with Crippen LogP contribution >= 0.6 is 0 Å². The molecule has 0 amide bonds. The van der Waals surface area contributed by atoms with Crippen molar-refractivity contribution in [1.29, 1.82) is 0 Å². The van der Waals surface area contributed by atoms with Crippen LogP contribution in [0.3, 0.4) is 0 Å².